The summed E-state index contributed by atoms with van der Waals surface area (Å²) in [6.07, 6.45) is 1.27. The van der Waals surface area contributed by atoms with Crippen molar-refractivity contribution in [1.82, 2.24) is 4.90 Å². The molecule has 1 heterocycles. The Bertz CT molecular complexity index is 198. The molecule has 0 saturated carbocycles. The van der Waals surface area contributed by atoms with Crippen LogP contribution in [0.2, 0.25) is 0 Å². The van der Waals surface area contributed by atoms with Crippen molar-refractivity contribution in [1.29, 1.82) is 0 Å². The molecule has 18 heavy (non-hydrogen) atoms. The third-order valence-electron chi connectivity index (χ3n) is 2.11. The van der Waals surface area contributed by atoms with Crippen molar-refractivity contribution in [2.75, 3.05) is 60.0 Å². The molecule has 0 aromatic carbocycles. The van der Waals surface area contributed by atoms with Crippen LogP contribution in [-0.4, -0.2) is 71.2 Å². The third-order valence-corrected chi connectivity index (χ3v) is 2.11. The molecule has 1 saturated heterocycles. The van der Waals surface area contributed by atoms with E-state index < -0.39 is 0 Å². The van der Waals surface area contributed by atoms with Crippen molar-refractivity contribution in [3.63, 3.8) is 0 Å². The number of aldehydes is 1. The second-order valence-electron chi connectivity index (χ2n) is 3.67. The van der Waals surface area contributed by atoms with E-state index >= 15 is 0 Å². The lowest BCUT2D eigenvalue weighted by atomic mass is 10.5. The summed E-state index contributed by atoms with van der Waals surface area (Å²) in [4.78, 5) is 11.9. The van der Waals surface area contributed by atoms with Gasteiger partial charge in [0.1, 0.15) is 33.3 Å². The van der Waals surface area contributed by atoms with Crippen LogP contribution < -0.4 is 0 Å². The highest BCUT2D eigenvalue weighted by Gasteiger charge is 2.09. The van der Waals surface area contributed by atoms with E-state index in [2.05, 4.69) is 0 Å². The summed E-state index contributed by atoms with van der Waals surface area (Å²) in [7, 11) is 0. The van der Waals surface area contributed by atoms with Crippen LogP contribution in [0.1, 0.15) is 6.42 Å². The fraction of sp³-hybridized carbons (Fsp3) is 0.909. The average Bonchev–Trinajstić information content (AvgIpc) is 2.42. The average molecular weight is 263 g/mol. The molecular formula is C11H21NO6. The Balaban J connectivity index is 1.74. The summed E-state index contributed by atoms with van der Waals surface area (Å²) < 4.78 is 25.9. The summed E-state index contributed by atoms with van der Waals surface area (Å²) in [5.74, 6) is 0. The number of carbonyl (C=O) groups is 1. The normalized spacial score (nSPS) is 16.9. The maximum Gasteiger partial charge on any atom is 0.150 e. The Morgan fingerprint density at radius 2 is 1.56 bits per heavy atom. The lowest BCUT2D eigenvalue weighted by Crippen LogP contribution is -2.36. The minimum atomic E-state index is 0.351. The van der Waals surface area contributed by atoms with Gasteiger partial charge < -0.3 is 28.5 Å². The molecule has 0 aromatic heterocycles. The molecule has 0 aromatic rings. The van der Waals surface area contributed by atoms with E-state index in [1.165, 1.54) is 0 Å². The van der Waals surface area contributed by atoms with Crippen molar-refractivity contribution in [3.05, 3.63) is 0 Å². The zero-order valence-electron chi connectivity index (χ0n) is 10.5. The summed E-state index contributed by atoms with van der Waals surface area (Å²) >= 11 is 0. The lowest BCUT2D eigenvalue weighted by molar-refractivity contribution is -0.206. The molecule has 0 N–H and O–H groups in total. The first-order valence-electron chi connectivity index (χ1n) is 5.98. The number of carbonyl (C=O) groups excluding carboxylic acids is 1. The molecular weight excluding hydrogens is 242 g/mol. The van der Waals surface area contributed by atoms with Crippen LogP contribution in [-0.2, 0) is 28.5 Å². The fourth-order valence-electron chi connectivity index (χ4n) is 1.27. The van der Waals surface area contributed by atoms with E-state index in [4.69, 9.17) is 23.7 Å². The smallest absolute Gasteiger partial charge is 0.150 e. The van der Waals surface area contributed by atoms with E-state index in [-0.39, 0.29) is 0 Å². The lowest BCUT2D eigenvalue weighted by Gasteiger charge is -2.25. The fourth-order valence-corrected chi connectivity index (χ4v) is 1.27. The minimum absolute atomic E-state index is 0.351. The van der Waals surface area contributed by atoms with Crippen LogP contribution in [0.3, 0.4) is 0 Å². The highest BCUT2D eigenvalue weighted by atomic mass is 16.7. The van der Waals surface area contributed by atoms with E-state index in [9.17, 15) is 4.79 Å². The van der Waals surface area contributed by atoms with Crippen molar-refractivity contribution in [2.45, 2.75) is 6.42 Å². The quantitative estimate of drug-likeness (QED) is 0.378. The van der Waals surface area contributed by atoms with E-state index in [0.717, 1.165) is 6.29 Å². The van der Waals surface area contributed by atoms with E-state index in [0.29, 0.717) is 66.4 Å². The molecule has 7 heteroatoms. The Morgan fingerprint density at radius 1 is 0.944 bits per heavy atom. The highest BCUT2D eigenvalue weighted by molar-refractivity contribution is 5.49. The van der Waals surface area contributed by atoms with Gasteiger partial charge in [-0.1, -0.05) is 0 Å². The number of hydrogen-bond donors (Lipinski definition) is 0. The maximum absolute atomic E-state index is 9.99. The maximum atomic E-state index is 9.99. The molecule has 0 atom stereocenters. The van der Waals surface area contributed by atoms with Crippen LogP contribution in [0, 0.1) is 0 Å². The highest BCUT2D eigenvalue weighted by Crippen LogP contribution is 1.97. The second kappa shape index (κ2) is 11.5. The van der Waals surface area contributed by atoms with Gasteiger partial charge in [0.05, 0.1) is 33.0 Å². The Labute approximate surface area is 107 Å². The molecule has 0 aliphatic carbocycles. The molecule has 0 bridgehead atoms. The topological polar surface area (TPSA) is 66.5 Å². The molecule has 1 fully saturated rings. The summed E-state index contributed by atoms with van der Waals surface area (Å²) in [5.41, 5.74) is 0. The van der Waals surface area contributed by atoms with Gasteiger partial charge in [-0.2, -0.15) is 0 Å². The van der Waals surface area contributed by atoms with Gasteiger partial charge in [0.2, 0.25) is 0 Å². The van der Waals surface area contributed by atoms with Crippen LogP contribution in [0.25, 0.3) is 0 Å². The van der Waals surface area contributed by atoms with Crippen LogP contribution in [0.4, 0.5) is 0 Å². The largest absolute Gasteiger partial charge is 0.379 e. The van der Waals surface area contributed by atoms with Crippen molar-refractivity contribution in [2.24, 2.45) is 0 Å². The van der Waals surface area contributed by atoms with Gasteiger partial charge in [0, 0.05) is 6.42 Å². The van der Waals surface area contributed by atoms with Gasteiger partial charge in [-0.25, -0.2) is 4.90 Å². The predicted molar refractivity (Wildman–Crippen MR) is 61.7 cm³/mol. The van der Waals surface area contributed by atoms with Crippen LogP contribution in [0.15, 0.2) is 0 Å². The van der Waals surface area contributed by atoms with Gasteiger partial charge >= 0.3 is 0 Å². The SMILES string of the molecule is O=CCCOCCOCCOCN1COCOC1. The first-order chi connectivity index (χ1) is 8.93. The van der Waals surface area contributed by atoms with E-state index in [1.807, 2.05) is 4.90 Å². The number of hydrogen-bond acceptors (Lipinski definition) is 7. The standard InChI is InChI=1S/C11H21NO6/c13-2-1-3-14-4-5-15-6-7-16-8-12-9-17-11-18-10-12/h2H,1,3-11H2. The van der Waals surface area contributed by atoms with Gasteiger partial charge in [0.25, 0.3) is 0 Å². The molecule has 0 amide bonds. The van der Waals surface area contributed by atoms with Gasteiger partial charge in [-0.05, 0) is 0 Å². The van der Waals surface area contributed by atoms with Gasteiger partial charge in [-0.15, -0.1) is 0 Å². The summed E-state index contributed by atoms with van der Waals surface area (Å²) in [5, 5.41) is 0. The monoisotopic (exact) mass is 263 g/mol. The second-order valence-corrected chi connectivity index (χ2v) is 3.67. The first kappa shape index (κ1) is 15.5. The number of ether oxygens (including phenoxy) is 5. The Kier molecular flexibility index (Phi) is 9.91. The number of rotatable bonds is 11. The van der Waals surface area contributed by atoms with Gasteiger partial charge in [-0.3, -0.25) is 0 Å². The molecule has 1 rings (SSSR count). The predicted octanol–water partition coefficient (Wildman–Crippen LogP) is -0.196. The Hall–Kier alpha value is -0.570. The molecule has 7 nitrogen and oxygen atoms in total. The third kappa shape index (κ3) is 8.51. The minimum Gasteiger partial charge on any atom is -0.379 e. The Morgan fingerprint density at radius 3 is 2.22 bits per heavy atom. The first-order valence-corrected chi connectivity index (χ1v) is 5.98. The van der Waals surface area contributed by atoms with Gasteiger partial charge in [0.15, 0.2) is 0 Å². The van der Waals surface area contributed by atoms with Crippen LogP contribution in [0.5, 0.6) is 0 Å². The zero-order valence-corrected chi connectivity index (χ0v) is 10.5. The van der Waals surface area contributed by atoms with E-state index in [1.54, 1.807) is 0 Å². The summed E-state index contributed by atoms with van der Waals surface area (Å²) in [6.45, 7) is 4.40. The molecule has 0 unspecified atom stereocenters. The molecule has 1 aliphatic heterocycles. The molecule has 1 aliphatic rings. The summed E-state index contributed by atoms with van der Waals surface area (Å²) in [6, 6.07) is 0. The van der Waals surface area contributed by atoms with Crippen molar-refractivity contribution >= 4 is 6.29 Å². The van der Waals surface area contributed by atoms with Crippen LogP contribution >= 0.6 is 0 Å². The molecule has 106 valence electrons. The zero-order chi connectivity index (χ0) is 12.9. The van der Waals surface area contributed by atoms with Crippen molar-refractivity contribution in [3.8, 4) is 0 Å². The molecule has 0 spiro atoms. The van der Waals surface area contributed by atoms with Crippen molar-refractivity contribution < 1.29 is 28.5 Å². The number of nitrogens with zero attached hydrogens (tertiary/aromatic N) is 1. The molecule has 0 radical (unpaired) electrons.